The fraction of sp³-hybridized carbons (Fsp3) is 0.278. The number of ketones is 1. The number of carbonyl (C=O) groups excluding carboxylic acids is 2. The number of nitrogens with zero attached hydrogens (tertiary/aromatic N) is 1. The Bertz CT molecular complexity index is 1030. The topological polar surface area (TPSA) is 82.3 Å². The average molecular weight is 428 g/mol. The third-order valence-corrected chi connectivity index (χ3v) is 5.86. The molecule has 0 saturated heterocycles. The third-order valence-electron chi connectivity index (χ3n) is 3.90. The largest absolute Gasteiger partial charge is 0.461 e. The SMILES string of the molecule is CCCCOC(=O)c1sc2nc(C(F)(F)F)c(C(=O)c3cccs3)cc2c1N. The Labute approximate surface area is 165 Å². The molecule has 2 N–H and O–H groups in total. The van der Waals surface area contributed by atoms with E-state index in [2.05, 4.69) is 4.98 Å². The minimum Gasteiger partial charge on any atom is -0.461 e. The highest BCUT2D eigenvalue weighted by Gasteiger charge is 2.38. The van der Waals surface area contributed by atoms with Crippen LogP contribution in [-0.2, 0) is 10.9 Å². The maximum atomic E-state index is 13.5. The molecular weight excluding hydrogens is 413 g/mol. The maximum Gasteiger partial charge on any atom is 0.434 e. The number of unbranched alkanes of at least 4 members (excludes halogenated alkanes) is 1. The van der Waals surface area contributed by atoms with Crippen LogP contribution in [0.2, 0.25) is 0 Å². The molecule has 0 amide bonds. The lowest BCUT2D eigenvalue weighted by Gasteiger charge is -2.11. The summed E-state index contributed by atoms with van der Waals surface area (Å²) in [6.45, 7) is 2.11. The number of fused-ring (bicyclic) bond motifs is 1. The van der Waals surface area contributed by atoms with Gasteiger partial charge in [0.05, 0.1) is 22.7 Å². The number of nitrogens with two attached hydrogens (primary N) is 1. The van der Waals surface area contributed by atoms with E-state index in [4.69, 9.17) is 10.5 Å². The van der Waals surface area contributed by atoms with Crippen molar-refractivity contribution in [1.29, 1.82) is 0 Å². The number of rotatable bonds is 6. The zero-order valence-corrected chi connectivity index (χ0v) is 16.3. The van der Waals surface area contributed by atoms with E-state index in [-0.39, 0.29) is 32.3 Å². The first-order valence-corrected chi connectivity index (χ1v) is 9.99. The number of aromatic nitrogens is 1. The van der Waals surface area contributed by atoms with Crippen molar-refractivity contribution < 1.29 is 27.5 Å². The second kappa shape index (κ2) is 7.88. The van der Waals surface area contributed by atoms with E-state index in [0.717, 1.165) is 35.2 Å². The number of hydrogen-bond donors (Lipinski definition) is 1. The van der Waals surface area contributed by atoms with Gasteiger partial charge in [0.25, 0.3) is 0 Å². The summed E-state index contributed by atoms with van der Waals surface area (Å²) in [5, 5.41) is 1.72. The average Bonchev–Trinajstić information content (AvgIpc) is 3.28. The number of halogens is 3. The summed E-state index contributed by atoms with van der Waals surface area (Å²) in [4.78, 5) is 28.5. The first-order valence-electron chi connectivity index (χ1n) is 8.29. The van der Waals surface area contributed by atoms with Crippen molar-refractivity contribution in [2.24, 2.45) is 0 Å². The second-order valence-electron chi connectivity index (χ2n) is 5.88. The summed E-state index contributed by atoms with van der Waals surface area (Å²) in [6.07, 6.45) is -3.36. The maximum absolute atomic E-state index is 13.5. The Morgan fingerprint density at radius 3 is 2.68 bits per heavy atom. The molecule has 5 nitrogen and oxygen atoms in total. The van der Waals surface area contributed by atoms with E-state index in [1.807, 2.05) is 6.92 Å². The Morgan fingerprint density at radius 2 is 2.07 bits per heavy atom. The van der Waals surface area contributed by atoms with Gasteiger partial charge in [-0.1, -0.05) is 19.4 Å². The molecule has 3 aromatic rings. The van der Waals surface area contributed by atoms with Crippen LogP contribution in [0.15, 0.2) is 23.6 Å². The molecule has 0 fully saturated rings. The normalized spacial score (nSPS) is 11.7. The van der Waals surface area contributed by atoms with E-state index >= 15 is 0 Å². The molecule has 148 valence electrons. The molecule has 10 heteroatoms. The molecule has 0 bridgehead atoms. The number of anilines is 1. The second-order valence-corrected chi connectivity index (χ2v) is 7.82. The Kier molecular flexibility index (Phi) is 5.71. The molecule has 3 rings (SSSR count). The Balaban J connectivity index is 2.11. The van der Waals surface area contributed by atoms with Gasteiger partial charge in [-0.2, -0.15) is 13.2 Å². The van der Waals surface area contributed by atoms with E-state index in [9.17, 15) is 22.8 Å². The molecule has 28 heavy (non-hydrogen) atoms. The lowest BCUT2D eigenvalue weighted by atomic mass is 10.1. The van der Waals surface area contributed by atoms with E-state index in [1.54, 1.807) is 11.4 Å². The summed E-state index contributed by atoms with van der Waals surface area (Å²) in [6, 6.07) is 4.06. The highest BCUT2D eigenvalue weighted by molar-refractivity contribution is 7.21. The minimum atomic E-state index is -4.84. The number of pyridine rings is 1. The van der Waals surface area contributed by atoms with Crippen molar-refractivity contribution in [3.05, 3.63) is 44.6 Å². The van der Waals surface area contributed by atoms with Gasteiger partial charge in [-0.05, 0) is 23.9 Å². The molecular formula is C18H15F3N2O3S2. The van der Waals surface area contributed by atoms with Gasteiger partial charge in [-0.3, -0.25) is 4.79 Å². The van der Waals surface area contributed by atoms with E-state index in [1.165, 1.54) is 6.07 Å². The van der Waals surface area contributed by atoms with Crippen molar-refractivity contribution >= 4 is 50.3 Å². The minimum absolute atomic E-state index is 0.0209. The first kappa shape index (κ1) is 20.3. The van der Waals surface area contributed by atoms with Crippen molar-refractivity contribution in [3.63, 3.8) is 0 Å². The van der Waals surface area contributed by atoms with Crippen molar-refractivity contribution in [2.75, 3.05) is 12.3 Å². The first-order chi connectivity index (χ1) is 13.2. The van der Waals surface area contributed by atoms with Gasteiger partial charge in [0.2, 0.25) is 5.78 Å². The predicted molar refractivity (Wildman–Crippen MR) is 102 cm³/mol. The Hall–Kier alpha value is -2.46. The molecule has 0 aromatic carbocycles. The molecule has 3 heterocycles. The smallest absolute Gasteiger partial charge is 0.434 e. The Morgan fingerprint density at radius 1 is 1.32 bits per heavy atom. The number of ether oxygens (including phenoxy) is 1. The van der Waals surface area contributed by atoms with Crippen molar-refractivity contribution in [2.45, 2.75) is 25.9 Å². The van der Waals surface area contributed by atoms with Crippen LogP contribution in [-0.4, -0.2) is 23.3 Å². The van der Waals surface area contributed by atoms with Gasteiger partial charge in [0.1, 0.15) is 9.71 Å². The molecule has 3 aromatic heterocycles. The number of nitrogen functional groups attached to an aromatic ring is 1. The van der Waals surface area contributed by atoms with E-state index < -0.39 is 29.2 Å². The van der Waals surface area contributed by atoms with Gasteiger partial charge < -0.3 is 10.5 Å². The summed E-state index contributed by atoms with van der Waals surface area (Å²) in [7, 11) is 0. The molecule has 0 atom stereocenters. The van der Waals surface area contributed by atoms with Crippen LogP contribution in [0, 0.1) is 0 Å². The van der Waals surface area contributed by atoms with Crippen LogP contribution in [0.1, 0.15) is 50.4 Å². The highest BCUT2D eigenvalue weighted by Crippen LogP contribution is 2.39. The summed E-state index contributed by atoms with van der Waals surface area (Å²) < 4.78 is 45.6. The van der Waals surface area contributed by atoms with Gasteiger partial charge in [-0.25, -0.2) is 9.78 Å². The lowest BCUT2D eigenvalue weighted by Crippen LogP contribution is -2.15. The van der Waals surface area contributed by atoms with Crippen LogP contribution >= 0.6 is 22.7 Å². The van der Waals surface area contributed by atoms with E-state index in [0.29, 0.717) is 6.42 Å². The molecule has 0 aliphatic heterocycles. The van der Waals surface area contributed by atoms with Crippen LogP contribution < -0.4 is 5.73 Å². The monoisotopic (exact) mass is 428 g/mol. The molecule has 0 spiro atoms. The fourth-order valence-corrected chi connectivity index (χ4v) is 4.15. The van der Waals surface area contributed by atoms with Gasteiger partial charge in [0.15, 0.2) is 5.69 Å². The molecule has 0 radical (unpaired) electrons. The highest BCUT2D eigenvalue weighted by atomic mass is 32.1. The zero-order chi connectivity index (χ0) is 20.5. The van der Waals surface area contributed by atoms with Crippen molar-refractivity contribution in [1.82, 2.24) is 4.98 Å². The summed E-state index contributed by atoms with van der Waals surface area (Å²) >= 11 is 1.75. The third kappa shape index (κ3) is 3.88. The van der Waals surface area contributed by atoms with Crippen LogP contribution in [0.5, 0.6) is 0 Å². The molecule has 0 unspecified atom stereocenters. The standard InChI is InChI=1S/C18H15F3N2O3S2/c1-2-3-6-26-17(25)14-12(22)9-8-10(13(24)11-5-4-7-27-11)15(18(19,20)21)23-16(9)28-14/h4-5,7-8H,2-3,6,22H2,1H3. The van der Waals surface area contributed by atoms with Gasteiger partial charge >= 0.3 is 12.1 Å². The van der Waals surface area contributed by atoms with Crippen LogP contribution in [0.25, 0.3) is 10.2 Å². The van der Waals surface area contributed by atoms with Crippen molar-refractivity contribution in [3.8, 4) is 0 Å². The molecule has 0 aliphatic carbocycles. The molecule has 0 aliphatic rings. The van der Waals surface area contributed by atoms with Gasteiger partial charge in [-0.15, -0.1) is 22.7 Å². The number of alkyl halides is 3. The van der Waals surface area contributed by atoms with Crippen LogP contribution in [0.4, 0.5) is 18.9 Å². The number of thiophene rings is 2. The quantitative estimate of drug-likeness (QED) is 0.334. The van der Waals surface area contributed by atoms with Gasteiger partial charge in [0, 0.05) is 5.39 Å². The lowest BCUT2D eigenvalue weighted by molar-refractivity contribution is -0.141. The number of esters is 1. The summed E-state index contributed by atoms with van der Waals surface area (Å²) in [5.41, 5.74) is 4.03. The number of carbonyl (C=O) groups is 2. The predicted octanol–water partition coefficient (Wildman–Crippen LogP) is 5.15. The fourth-order valence-electron chi connectivity index (χ4n) is 2.50. The zero-order valence-electron chi connectivity index (χ0n) is 14.6. The summed E-state index contributed by atoms with van der Waals surface area (Å²) in [5.74, 6) is -1.51. The number of hydrogen-bond acceptors (Lipinski definition) is 7. The molecule has 0 saturated carbocycles. The van der Waals surface area contributed by atoms with Crippen LogP contribution in [0.3, 0.4) is 0 Å².